The van der Waals surface area contributed by atoms with Gasteiger partial charge in [-0.2, -0.15) is 0 Å². The third kappa shape index (κ3) is 3.27. The lowest BCUT2D eigenvalue weighted by atomic mass is 9.87. The number of nitrogens with one attached hydrogen (secondary N) is 1. The minimum atomic E-state index is -0.167. The molecular formula is C14H24ClNOS. The zero-order valence-electron chi connectivity index (χ0n) is 11.8. The highest BCUT2D eigenvalue weighted by molar-refractivity contribution is 7.10. The van der Waals surface area contributed by atoms with Crippen molar-refractivity contribution < 1.29 is 4.74 Å². The molecule has 0 fully saturated rings. The molecule has 0 spiro atoms. The van der Waals surface area contributed by atoms with Crippen molar-refractivity contribution >= 4 is 22.9 Å². The summed E-state index contributed by atoms with van der Waals surface area (Å²) in [5.74, 6) is 0. The second-order valence-electron chi connectivity index (χ2n) is 4.33. The van der Waals surface area contributed by atoms with E-state index >= 15 is 0 Å². The lowest BCUT2D eigenvalue weighted by Gasteiger charge is -2.39. The van der Waals surface area contributed by atoms with E-state index in [1.165, 1.54) is 4.88 Å². The molecule has 1 unspecified atom stereocenters. The SMILES string of the molecule is CCNC(c1sccc1Cl)C(CC)(CC)OCC. The minimum Gasteiger partial charge on any atom is -0.373 e. The molecule has 0 aliphatic heterocycles. The summed E-state index contributed by atoms with van der Waals surface area (Å²) < 4.78 is 6.11. The Balaban J connectivity index is 3.12. The van der Waals surface area contributed by atoms with Crippen LogP contribution in [0.5, 0.6) is 0 Å². The lowest BCUT2D eigenvalue weighted by Crippen LogP contribution is -2.45. The van der Waals surface area contributed by atoms with Crippen LogP contribution in [-0.2, 0) is 4.74 Å². The van der Waals surface area contributed by atoms with E-state index in [-0.39, 0.29) is 11.6 Å². The maximum Gasteiger partial charge on any atom is 0.0879 e. The Kier molecular flexibility index (Phi) is 6.64. The summed E-state index contributed by atoms with van der Waals surface area (Å²) in [5, 5.41) is 6.44. The van der Waals surface area contributed by atoms with Gasteiger partial charge in [-0.15, -0.1) is 11.3 Å². The van der Waals surface area contributed by atoms with Gasteiger partial charge in [-0.1, -0.05) is 32.4 Å². The molecule has 0 aliphatic carbocycles. The zero-order chi connectivity index (χ0) is 13.6. The molecule has 0 saturated carbocycles. The van der Waals surface area contributed by atoms with Crippen LogP contribution < -0.4 is 5.32 Å². The molecule has 1 heterocycles. The van der Waals surface area contributed by atoms with E-state index in [0.717, 1.165) is 31.0 Å². The molecule has 0 radical (unpaired) electrons. The van der Waals surface area contributed by atoms with Gasteiger partial charge in [0.1, 0.15) is 0 Å². The molecule has 0 aromatic carbocycles. The first kappa shape index (κ1) is 16.0. The van der Waals surface area contributed by atoms with E-state index in [1.54, 1.807) is 11.3 Å². The predicted molar refractivity (Wildman–Crippen MR) is 80.7 cm³/mol. The number of likely N-dealkylation sites (N-methyl/N-ethyl adjacent to an activating group) is 1. The number of hydrogen-bond donors (Lipinski definition) is 1. The van der Waals surface area contributed by atoms with Crippen LogP contribution in [-0.4, -0.2) is 18.8 Å². The molecule has 18 heavy (non-hydrogen) atoms. The standard InChI is InChI=1S/C14H24ClNOS/c1-5-14(6-2,17-8-4)13(16-7-3)12-11(15)9-10-18-12/h9-10,13,16H,5-8H2,1-4H3. The number of rotatable bonds is 8. The van der Waals surface area contributed by atoms with Crippen molar-refractivity contribution in [2.75, 3.05) is 13.2 Å². The molecule has 0 aliphatic rings. The van der Waals surface area contributed by atoms with Crippen molar-refractivity contribution in [3.63, 3.8) is 0 Å². The average molecular weight is 290 g/mol. The van der Waals surface area contributed by atoms with Gasteiger partial charge in [-0.25, -0.2) is 0 Å². The van der Waals surface area contributed by atoms with Gasteiger partial charge < -0.3 is 10.1 Å². The Labute approximate surface area is 120 Å². The van der Waals surface area contributed by atoms with Crippen molar-refractivity contribution in [3.05, 3.63) is 21.3 Å². The second kappa shape index (κ2) is 7.49. The fourth-order valence-corrected chi connectivity index (χ4v) is 3.81. The number of ether oxygens (including phenoxy) is 1. The number of halogens is 1. The summed E-state index contributed by atoms with van der Waals surface area (Å²) in [6.07, 6.45) is 1.95. The number of hydrogen-bond acceptors (Lipinski definition) is 3. The fraction of sp³-hybridized carbons (Fsp3) is 0.714. The van der Waals surface area contributed by atoms with Crippen molar-refractivity contribution in [2.24, 2.45) is 0 Å². The van der Waals surface area contributed by atoms with Gasteiger partial charge in [0, 0.05) is 11.5 Å². The zero-order valence-corrected chi connectivity index (χ0v) is 13.3. The molecule has 2 nitrogen and oxygen atoms in total. The van der Waals surface area contributed by atoms with E-state index < -0.39 is 0 Å². The first-order valence-corrected chi connectivity index (χ1v) is 8.01. The fourth-order valence-electron chi connectivity index (χ4n) is 2.47. The molecular weight excluding hydrogens is 266 g/mol. The maximum atomic E-state index is 6.31. The predicted octanol–water partition coefficient (Wildman–Crippen LogP) is 4.65. The molecule has 1 aromatic rings. The van der Waals surface area contributed by atoms with Crippen LogP contribution in [0.4, 0.5) is 0 Å². The van der Waals surface area contributed by atoms with Crippen LogP contribution in [0.25, 0.3) is 0 Å². The van der Waals surface area contributed by atoms with Crippen molar-refractivity contribution in [1.29, 1.82) is 0 Å². The maximum absolute atomic E-state index is 6.31. The van der Waals surface area contributed by atoms with E-state index in [9.17, 15) is 0 Å². The Bertz CT molecular complexity index is 349. The lowest BCUT2D eigenvalue weighted by molar-refractivity contribution is -0.0722. The van der Waals surface area contributed by atoms with E-state index in [0.29, 0.717) is 0 Å². The third-order valence-corrected chi connectivity index (χ3v) is 4.89. The Morgan fingerprint density at radius 3 is 2.39 bits per heavy atom. The Hall–Kier alpha value is -0.0900. The molecule has 4 heteroatoms. The van der Waals surface area contributed by atoms with Crippen LogP contribution in [0.2, 0.25) is 5.02 Å². The van der Waals surface area contributed by atoms with Gasteiger partial charge in [0.05, 0.1) is 16.7 Å². The van der Waals surface area contributed by atoms with Gasteiger partial charge in [0.25, 0.3) is 0 Å². The Morgan fingerprint density at radius 1 is 1.33 bits per heavy atom. The molecule has 104 valence electrons. The van der Waals surface area contributed by atoms with Crippen LogP contribution in [0.15, 0.2) is 11.4 Å². The molecule has 0 amide bonds. The van der Waals surface area contributed by atoms with Gasteiger partial charge >= 0.3 is 0 Å². The first-order valence-electron chi connectivity index (χ1n) is 6.75. The highest BCUT2D eigenvalue weighted by Gasteiger charge is 2.38. The molecule has 1 atom stereocenters. The summed E-state index contributed by atoms with van der Waals surface area (Å²) in [6.45, 7) is 10.2. The van der Waals surface area contributed by atoms with Crippen LogP contribution >= 0.6 is 22.9 Å². The third-order valence-electron chi connectivity index (χ3n) is 3.47. The highest BCUT2D eigenvalue weighted by Crippen LogP contribution is 2.40. The second-order valence-corrected chi connectivity index (χ2v) is 5.68. The summed E-state index contributed by atoms with van der Waals surface area (Å²) >= 11 is 8.01. The highest BCUT2D eigenvalue weighted by atomic mass is 35.5. The summed E-state index contributed by atoms with van der Waals surface area (Å²) in [4.78, 5) is 1.19. The summed E-state index contributed by atoms with van der Waals surface area (Å²) in [6, 6.07) is 2.14. The largest absolute Gasteiger partial charge is 0.373 e. The summed E-state index contributed by atoms with van der Waals surface area (Å²) in [7, 11) is 0. The summed E-state index contributed by atoms with van der Waals surface area (Å²) in [5.41, 5.74) is -0.167. The van der Waals surface area contributed by atoms with Crippen LogP contribution in [0, 0.1) is 0 Å². The number of thiophene rings is 1. The van der Waals surface area contributed by atoms with E-state index in [1.807, 2.05) is 11.4 Å². The van der Waals surface area contributed by atoms with Crippen molar-refractivity contribution in [3.8, 4) is 0 Å². The molecule has 1 aromatic heterocycles. The van der Waals surface area contributed by atoms with Gasteiger partial charge in [-0.05, 0) is 37.8 Å². The van der Waals surface area contributed by atoms with E-state index in [2.05, 4.69) is 33.0 Å². The topological polar surface area (TPSA) is 21.3 Å². The monoisotopic (exact) mass is 289 g/mol. The molecule has 1 rings (SSSR count). The van der Waals surface area contributed by atoms with Crippen LogP contribution in [0.1, 0.15) is 51.5 Å². The average Bonchev–Trinajstić information content (AvgIpc) is 2.80. The van der Waals surface area contributed by atoms with Gasteiger partial charge in [-0.3, -0.25) is 0 Å². The molecule has 1 N–H and O–H groups in total. The minimum absolute atomic E-state index is 0.167. The molecule has 0 saturated heterocycles. The smallest absolute Gasteiger partial charge is 0.0879 e. The van der Waals surface area contributed by atoms with E-state index in [4.69, 9.17) is 16.3 Å². The van der Waals surface area contributed by atoms with Crippen molar-refractivity contribution in [1.82, 2.24) is 5.32 Å². The Morgan fingerprint density at radius 2 is 2.00 bits per heavy atom. The van der Waals surface area contributed by atoms with Gasteiger partial charge in [0.2, 0.25) is 0 Å². The quantitative estimate of drug-likeness (QED) is 0.752. The van der Waals surface area contributed by atoms with Gasteiger partial charge in [0.15, 0.2) is 0 Å². The first-order chi connectivity index (χ1) is 8.65. The normalized spacial score (nSPS) is 13.8. The van der Waals surface area contributed by atoms with Crippen molar-refractivity contribution in [2.45, 2.75) is 52.2 Å². The van der Waals surface area contributed by atoms with Crippen LogP contribution in [0.3, 0.4) is 0 Å². The molecule has 0 bridgehead atoms.